The highest BCUT2D eigenvalue weighted by Crippen LogP contribution is 2.17. The molecule has 3 nitrogen and oxygen atoms in total. The molecule has 0 spiro atoms. The van der Waals surface area contributed by atoms with Gasteiger partial charge in [-0.05, 0) is 18.6 Å². The number of benzene rings is 1. The molecule has 1 rings (SSSR count). The van der Waals surface area contributed by atoms with Crippen LogP contribution in [0.5, 0.6) is 0 Å². The average molecular weight is 245 g/mol. The van der Waals surface area contributed by atoms with Gasteiger partial charge >= 0.3 is 0 Å². The average Bonchev–Trinajstić information content (AvgIpc) is 2.29. The van der Waals surface area contributed by atoms with E-state index in [0.717, 1.165) is 6.42 Å². The molecular formula is C11H14ClFN2O. The van der Waals surface area contributed by atoms with Crippen molar-refractivity contribution in [2.24, 2.45) is 5.73 Å². The van der Waals surface area contributed by atoms with Crippen LogP contribution in [0.2, 0.25) is 5.02 Å². The van der Waals surface area contributed by atoms with Gasteiger partial charge in [-0.3, -0.25) is 4.79 Å². The lowest BCUT2D eigenvalue weighted by atomic mass is 10.2. The van der Waals surface area contributed by atoms with Crippen LogP contribution in [-0.4, -0.2) is 18.5 Å². The normalized spacial score (nSPS) is 12.2. The second-order valence-corrected chi connectivity index (χ2v) is 3.89. The van der Waals surface area contributed by atoms with Crippen LogP contribution in [-0.2, 0) is 0 Å². The molecule has 88 valence electrons. The fourth-order valence-corrected chi connectivity index (χ4v) is 1.32. The van der Waals surface area contributed by atoms with Gasteiger partial charge in [-0.25, -0.2) is 4.39 Å². The van der Waals surface area contributed by atoms with E-state index >= 15 is 0 Å². The molecule has 0 aliphatic carbocycles. The van der Waals surface area contributed by atoms with E-state index in [0.29, 0.717) is 6.54 Å². The molecule has 0 aromatic heterocycles. The Labute approximate surface area is 98.8 Å². The first-order valence-electron chi connectivity index (χ1n) is 5.04. The van der Waals surface area contributed by atoms with Crippen LogP contribution in [0.1, 0.15) is 23.7 Å². The molecule has 1 aromatic rings. The maximum Gasteiger partial charge on any atom is 0.254 e. The maximum absolute atomic E-state index is 13.4. The van der Waals surface area contributed by atoms with Gasteiger partial charge in [0.2, 0.25) is 0 Å². The van der Waals surface area contributed by atoms with Crippen molar-refractivity contribution in [1.29, 1.82) is 0 Å². The van der Waals surface area contributed by atoms with Crippen molar-refractivity contribution in [2.45, 2.75) is 19.4 Å². The number of hydrogen-bond acceptors (Lipinski definition) is 2. The van der Waals surface area contributed by atoms with Crippen molar-refractivity contribution < 1.29 is 9.18 Å². The molecule has 0 aliphatic heterocycles. The van der Waals surface area contributed by atoms with Crippen molar-refractivity contribution in [3.05, 3.63) is 34.6 Å². The number of nitrogens with two attached hydrogens (primary N) is 1. The van der Waals surface area contributed by atoms with Gasteiger partial charge in [0.25, 0.3) is 5.91 Å². The van der Waals surface area contributed by atoms with E-state index in [2.05, 4.69) is 5.32 Å². The van der Waals surface area contributed by atoms with Crippen LogP contribution < -0.4 is 11.1 Å². The number of hydrogen-bond donors (Lipinski definition) is 2. The number of rotatable bonds is 4. The third kappa shape index (κ3) is 3.18. The highest BCUT2D eigenvalue weighted by molar-refractivity contribution is 6.31. The zero-order valence-electron chi connectivity index (χ0n) is 8.97. The summed E-state index contributed by atoms with van der Waals surface area (Å²) in [6, 6.07) is 4.19. The van der Waals surface area contributed by atoms with E-state index in [1.54, 1.807) is 0 Å². The van der Waals surface area contributed by atoms with Gasteiger partial charge in [-0.2, -0.15) is 0 Å². The predicted molar refractivity (Wildman–Crippen MR) is 62.0 cm³/mol. The first kappa shape index (κ1) is 12.9. The molecule has 1 aromatic carbocycles. The lowest BCUT2D eigenvalue weighted by Crippen LogP contribution is -2.37. The molecular weight excluding hydrogens is 231 g/mol. The van der Waals surface area contributed by atoms with E-state index in [4.69, 9.17) is 17.3 Å². The van der Waals surface area contributed by atoms with E-state index in [-0.39, 0.29) is 16.6 Å². The predicted octanol–water partition coefficient (Wildman–Crippen LogP) is 1.95. The second kappa shape index (κ2) is 5.82. The summed E-state index contributed by atoms with van der Waals surface area (Å²) in [5, 5.41) is 2.49. The Morgan fingerprint density at radius 3 is 2.94 bits per heavy atom. The van der Waals surface area contributed by atoms with Gasteiger partial charge in [0.15, 0.2) is 5.82 Å². The smallest absolute Gasteiger partial charge is 0.254 e. The summed E-state index contributed by atoms with van der Waals surface area (Å²) in [7, 11) is 0. The fraction of sp³-hybridized carbons (Fsp3) is 0.364. The molecule has 0 saturated heterocycles. The Hall–Kier alpha value is -1.13. The largest absolute Gasteiger partial charge is 0.350 e. The highest BCUT2D eigenvalue weighted by Gasteiger charge is 2.14. The Bertz CT molecular complexity index is 384. The highest BCUT2D eigenvalue weighted by atomic mass is 35.5. The summed E-state index contributed by atoms with van der Waals surface area (Å²) >= 11 is 5.57. The summed E-state index contributed by atoms with van der Waals surface area (Å²) in [5.74, 6) is -1.20. The van der Waals surface area contributed by atoms with E-state index < -0.39 is 11.7 Å². The van der Waals surface area contributed by atoms with Crippen LogP contribution in [0.15, 0.2) is 18.2 Å². The summed E-state index contributed by atoms with van der Waals surface area (Å²) in [4.78, 5) is 11.6. The van der Waals surface area contributed by atoms with Crippen molar-refractivity contribution >= 4 is 17.5 Å². The molecule has 1 amide bonds. The SMILES string of the molecule is CCC(N)CNC(=O)c1cccc(Cl)c1F. The van der Waals surface area contributed by atoms with Crippen molar-refractivity contribution in [2.75, 3.05) is 6.54 Å². The Morgan fingerprint density at radius 2 is 2.31 bits per heavy atom. The first-order chi connectivity index (χ1) is 7.56. The minimum Gasteiger partial charge on any atom is -0.350 e. The quantitative estimate of drug-likeness (QED) is 0.851. The lowest BCUT2D eigenvalue weighted by Gasteiger charge is -2.10. The molecule has 1 unspecified atom stereocenters. The molecule has 0 radical (unpaired) electrons. The number of carbonyl (C=O) groups excluding carboxylic acids is 1. The Morgan fingerprint density at radius 1 is 1.62 bits per heavy atom. The summed E-state index contributed by atoms with van der Waals surface area (Å²) in [6.45, 7) is 2.23. The second-order valence-electron chi connectivity index (χ2n) is 3.48. The Kier molecular flexibility index (Phi) is 4.71. The van der Waals surface area contributed by atoms with Gasteiger partial charge in [0, 0.05) is 12.6 Å². The molecule has 0 aliphatic rings. The monoisotopic (exact) mass is 244 g/mol. The van der Waals surface area contributed by atoms with E-state index in [1.807, 2.05) is 6.92 Å². The molecule has 0 bridgehead atoms. The van der Waals surface area contributed by atoms with Crippen LogP contribution in [0.3, 0.4) is 0 Å². The van der Waals surface area contributed by atoms with E-state index in [1.165, 1.54) is 18.2 Å². The number of halogens is 2. The molecule has 0 fully saturated rings. The first-order valence-corrected chi connectivity index (χ1v) is 5.41. The Balaban J connectivity index is 2.70. The number of amides is 1. The zero-order chi connectivity index (χ0) is 12.1. The van der Waals surface area contributed by atoms with Crippen molar-refractivity contribution in [3.63, 3.8) is 0 Å². The number of carbonyl (C=O) groups is 1. The summed E-state index contributed by atoms with van der Waals surface area (Å²) in [5.41, 5.74) is 5.57. The van der Waals surface area contributed by atoms with Crippen molar-refractivity contribution in [3.8, 4) is 0 Å². The van der Waals surface area contributed by atoms with Gasteiger partial charge in [-0.1, -0.05) is 24.6 Å². The van der Waals surface area contributed by atoms with Gasteiger partial charge in [0.1, 0.15) is 0 Å². The maximum atomic E-state index is 13.4. The molecule has 3 N–H and O–H groups in total. The van der Waals surface area contributed by atoms with Gasteiger partial charge in [-0.15, -0.1) is 0 Å². The van der Waals surface area contributed by atoms with Gasteiger partial charge in [0.05, 0.1) is 10.6 Å². The standard InChI is InChI=1S/C11H14ClFN2O/c1-2-7(14)6-15-11(16)8-4-3-5-9(12)10(8)13/h3-5,7H,2,6,14H2,1H3,(H,15,16). The fourth-order valence-electron chi connectivity index (χ4n) is 1.14. The summed E-state index contributed by atoms with van der Waals surface area (Å²) < 4.78 is 13.4. The van der Waals surface area contributed by atoms with Gasteiger partial charge < -0.3 is 11.1 Å². The topological polar surface area (TPSA) is 55.1 Å². The van der Waals surface area contributed by atoms with Crippen LogP contribution in [0.25, 0.3) is 0 Å². The molecule has 0 heterocycles. The third-order valence-corrected chi connectivity index (χ3v) is 2.54. The molecule has 1 atom stereocenters. The zero-order valence-corrected chi connectivity index (χ0v) is 9.72. The minimum atomic E-state index is -0.702. The third-order valence-electron chi connectivity index (χ3n) is 2.25. The number of nitrogens with one attached hydrogen (secondary N) is 1. The van der Waals surface area contributed by atoms with E-state index in [9.17, 15) is 9.18 Å². The van der Waals surface area contributed by atoms with Crippen LogP contribution in [0, 0.1) is 5.82 Å². The summed E-state index contributed by atoms with van der Waals surface area (Å²) in [6.07, 6.45) is 0.748. The lowest BCUT2D eigenvalue weighted by molar-refractivity contribution is 0.0947. The molecule has 5 heteroatoms. The van der Waals surface area contributed by atoms with Crippen LogP contribution >= 0.6 is 11.6 Å². The minimum absolute atomic E-state index is 0.0594. The molecule has 16 heavy (non-hydrogen) atoms. The molecule has 0 saturated carbocycles. The van der Waals surface area contributed by atoms with Crippen molar-refractivity contribution in [1.82, 2.24) is 5.32 Å². The van der Waals surface area contributed by atoms with Crippen LogP contribution in [0.4, 0.5) is 4.39 Å².